The molecule has 3 rings (SSSR count). The number of benzene rings is 1. The maximum absolute atomic E-state index is 12.0. The monoisotopic (exact) mass is 222 g/mol. The minimum absolute atomic E-state index is 0.0303. The topological polar surface area (TPSA) is 26.3 Å². The Hall–Kier alpha value is -0.860. The van der Waals surface area contributed by atoms with Crippen molar-refractivity contribution in [2.45, 2.75) is 17.4 Å². The molecule has 0 amide bonds. The number of Topliss-reactive ketones (excluding diaryl/α,β-unsaturated/α-hetero) is 1. The number of rotatable bonds is 1. The normalized spacial score (nSPS) is 38.6. The zero-order valence-electron chi connectivity index (χ0n) is 8.15. The van der Waals surface area contributed by atoms with Crippen LogP contribution in [0.2, 0.25) is 0 Å². The van der Waals surface area contributed by atoms with Crippen molar-refractivity contribution in [3.05, 3.63) is 35.9 Å². The van der Waals surface area contributed by atoms with Crippen LogP contribution in [0.5, 0.6) is 0 Å². The van der Waals surface area contributed by atoms with E-state index in [1.807, 2.05) is 30.3 Å². The fourth-order valence-electron chi connectivity index (χ4n) is 2.55. The van der Waals surface area contributed by atoms with Gasteiger partial charge >= 0.3 is 0 Å². The predicted octanol–water partition coefficient (Wildman–Crippen LogP) is 2.11. The highest BCUT2D eigenvalue weighted by Gasteiger charge is 2.64. The Bertz CT molecular complexity index is 403. The molecule has 1 aromatic carbocycles. The first kappa shape index (κ1) is 9.37. The van der Waals surface area contributed by atoms with Crippen LogP contribution in [0.3, 0.4) is 0 Å². The quantitative estimate of drug-likeness (QED) is 0.681. The van der Waals surface area contributed by atoms with E-state index in [1.54, 1.807) is 0 Å². The minimum atomic E-state index is -0.914. The van der Waals surface area contributed by atoms with Gasteiger partial charge in [0.25, 0.3) is 0 Å². The molecule has 1 aliphatic carbocycles. The van der Waals surface area contributed by atoms with Crippen LogP contribution >= 0.6 is 11.6 Å². The summed E-state index contributed by atoms with van der Waals surface area (Å²) in [5.74, 6) is 0.153. The highest BCUT2D eigenvalue weighted by atomic mass is 35.5. The van der Waals surface area contributed by atoms with Crippen molar-refractivity contribution >= 4 is 17.4 Å². The van der Waals surface area contributed by atoms with Gasteiger partial charge in [0.2, 0.25) is 0 Å². The Labute approximate surface area is 93.2 Å². The lowest BCUT2D eigenvalue weighted by Gasteiger charge is -2.44. The van der Waals surface area contributed by atoms with Gasteiger partial charge in [-0.2, -0.15) is 0 Å². The van der Waals surface area contributed by atoms with Gasteiger partial charge in [0.15, 0.2) is 10.7 Å². The second-order valence-electron chi connectivity index (χ2n) is 4.13. The molecule has 2 nitrogen and oxygen atoms in total. The number of alkyl halides is 1. The summed E-state index contributed by atoms with van der Waals surface area (Å²) in [5, 5.41) is 0. The van der Waals surface area contributed by atoms with E-state index in [1.165, 1.54) is 0 Å². The first-order valence-electron chi connectivity index (χ1n) is 5.15. The number of ketones is 1. The number of hydrogen-bond donors (Lipinski definition) is 0. The molecule has 0 bridgehead atoms. The Morgan fingerprint density at radius 3 is 2.80 bits per heavy atom. The summed E-state index contributed by atoms with van der Waals surface area (Å²) < 4.78 is 5.54. The molecule has 0 aromatic heterocycles. The number of halogens is 1. The highest BCUT2D eigenvalue weighted by molar-refractivity contribution is 6.39. The molecule has 1 aliphatic heterocycles. The van der Waals surface area contributed by atoms with E-state index in [0.717, 1.165) is 12.0 Å². The summed E-state index contributed by atoms with van der Waals surface area (Å²) in [7, 11) is 0. The van der Waals surface area contributed by atoms with E-state index in [0.29, 0.717) is 6.61 Å². The lowest BCUT2D eigenvalue weighted by Crippen LogP contribution is -2.59. The molecule has 1 saturated carbocycles. The number of fused-ring (bicyclic) bond motifs is 1. The third-order valence-electron chi connectivity index (χ3n) is 3.37. The van der Waals surface area contributed by atoms with Crippen molar-refractivity contribution in [2.75, 3.05) is 6.61 Å². The second kappa shape index (κ2) is 3.06. The molecule has 1 saturated heterocycles. The molecule has 0 spiro atoms. The molecule has 0 unspecified atom stereocenters. The number of ether oxygens (including phenoxy) is 1. The second-order valence-corrected chi connectivity index (χ2v) is 4.72. The lowest BCUT2D eigenvalue weighted by atomic mass is 9.66. The van der Waals surface area contributed by atoms with Gasteiger partial charge in [-0.05, 0) is 12.0 Å². The zero-order chi connectivity index (χ0) is 10.5. The molecule has 78 valence electrons. The fourth-order valence-corrected chi connectivity index (χ4v) is 3.03. The van der Waals surface area contributed by atoms with Gasteiger partial charge in [-0.1, -0.05) is 30.3 Å². The molecule has 3 heteroatoms. The Kier molecular flexibility index (Phi) is 1.91. The summed E-state index contributed by atoms with van der Waals surface area (Å²) in [5.41, 5.74) is 0.861. The summed E-state index contributed by atoms with van der Waals surface area (Å²) in [4.78, 5) is 11.0. The van der Waals surface area contributed by atoms with Crippen molar-refractivity contribution in [1.82, 2.24) is 0 Å². The third kappa shape index (κ3) is 1.06. The van der Waals surface area contributed by atoms with Gasteiger partial charge in [-0.3, -0.25) is 4.79 Å². The van der Waals surface area contributed by atoms with Gasteiger partial charge in [0, 0.05) is 6.61 Å². The molecule has 2 aliphatic rings. The number of carbonyl (C=O) groups is 1. The Balaban J connectivity index is 2.02. The van der Waals surface area contributed by atoms with Crippen LogP contribution in [-0.4, -0.2) is 18.5 Å². The molecule has 0 radical (unpaired) electrons. The summed E-state index contributed by atoms with van der Waals surface area (Å²) in [6, 6.07) is 9.50. The molecular formula is C12H11ClO2. The summed E-state index contributed by atoms with van der Waals surface area (Å²) in [6.45, 7) is 0.655. The molecular weight excluding hydrogens is 212 g/mol. The summed E-state index contributed by atoms with van der Waals surface area (Å²) in [6.07, 6.45) is 0.708. The average molecular weight is 223 g/mol. The summed E-state index contributed by atoms with van der Waals surface area (Å²) >= 11 is 6.41. The van der Waals surface area contributed by atoms with Crippen LogP contribution in [-0.2, 0) is 14.4 Å². The Morgan fingerprint density at radius 1 is 1.33 bits per heavy atom. The van der Waals surface area contributed by atoms with E-state index in [9.17, 15) is 4.79 Å². The van der Waals surface area contributed by atoms with E-state index in [2.05, 4.69) is 0 Å². The number of hydrogen-bond acceptors (Lipinski definition) is 2. The standard InChI is InChI=1S/C12H11ClO2/c13-12(8-4-2-1-3-5-8)10(14)9-6-7-15-11(9)12/h1-5,9,11H,6-7H2/t9-,11-,12-/m0/s1. The molecule has 15 heavy (non-hydrogen) atoms. The SMILES string of the molecule is O=C1[C@@H]2CCO[C@@H]2[C@]1(Cl)c1ccccc1. The van der Waals surface area contributed by atoms with Crippen molar-refractivity contribution in [3.63, 3.8) is 0 Å². The highest BCUT2D eigenvalue weighted by Crippen LogP contribution is 2.53. The smallest absolute Gasteiger partial charge is 0.166 e. The van der Waals surface area contributed by atoms with Gasteiger partial charge < -0.3 is 4.74 Å². The van der Waals surface area contributed by atoms with Crippen LogP contribution in [0, 0.1) is 5.92 Å². The van der Waals surface area contributed by atoms with Crippen LogP contribution < -0.4 is 0 Å². The van der Waals surface area contributed by atoms with Gasteiger partial charge in [-0.15, -0.1) is 11.6 Å². The minimum Gasteiger partial charge on any atom is -0.375 e. The maximum Gasteiger partial charge on any atom is 0.166 e. The molecule has 1 heterocycles. The zero-order valence-corrected chi connectivity index (χ0v) is 8.91. The van der Waals surface area contributed by atoms with Crippen LogP contribution in [0.4, 0.5) is 0 Å². The molecule has 3 atom stereocenters. The van der Waals surface area contributed by atoms with Crippen molar-refractivity contribution in [1.29, 1.82) is 0 Å². The largest absolute Gasteiger partial charge is 0.375 e. The first-order chi connectivity index (χ1) is 7.24. The van der Waals surface area contributed by atoms with E-state index >= 15 is 0 Å². The van der Waals surface area contributed by atoms with Gasteiger partial charge in [-0.25, -0.2) is 0 Å². The van der Waals surface area contributed by atoms with Crippen molar-refractivity contribution in [3.8, 4) is 0 Å². The lowest BCUT2D eigenvalue weighted by molar-refractivity contribution is -0.144. The molecule has 2 fully saturated rings. The molecule has 0 N–H and O–H groups in total. The van der Waals surface area contributed by atoms with Crippen LogP contribution in [0.25, 0.3) is 0 Å². The van der Waals surface area contributed by atoms with Crippen molar-refractivity contribution < 1.29 is 9.53 Å². The predicted molar refractivity (Wildman–Crippen MR) is 56.8 cm³/mol. The molecule has 1 aromatic rings. The number of carbonyl (C=O) groups excluding carboxylic acids is 1. The van der Waals surface area contributed by atoms with E-state index in [4.69, 9.17) is 16.3 Å². The third-order valence-corrected chi connectivity index (χ3v) is 3.99. The van der Waals surface area contributed by atoms with Crippen LogP contribution in [0.1, 0.15) is 12.0 Å². The maximum atomic E-state index is 12.0. The van der Waals surface area contributed by atoms with Crippen LogP contribution in [0.15, 0.2) is 30.3 Å². The Morgan fingerprint density at radius 2 is 2.07 bits per heavy atom. The average Bonchev–Trinajstić information content (AvgIpc) is 2.75. The fraction of sp³-hybridized carbons (Fsp3) is 0.417. The van der Waals surface area contributed by atoms with E-state index < -0.39 is 4.87 Å². The van der Waals surface area contributed by atoms with Gasteiger partial charge in [0.05, 0.1) is 12.0 Å². The van der Waals surface area contributed by atoms with Gasteiger partial charge in [0.1, 0.15) is 0 Å². The van der Waals surface area contributed by atoms with E-state index in [-0.39, 0.29) is 17.8 Å². The van der Waals surface area contributed by atoms with Crippen molar-refractivity contribution in [2.24, 2.45) is 5.92 Å². The first-order valence-corrected chi connectivity index (χ1v) is 5.53.